The molecular formula is C12H22N4OS. The highest BCUT2D eigenvalue weighted by molar-refractivity contribution is 7.99. The van der Waals surface area contributed by atoms with Crippen molar-refractivity contribution in [2.75, 3.05) is 5.75 Å². The fraction of sp³-hybridized carbons (Fsp3) is 0.750. The van der Waals surface area contributed by atoms with E-state index in [0.29, 0.717) is 11.8 Å². The molecule has 5 nitrogen and oxygen atoms in total. The Morgan fingerprint density at radius 2 is 2.22 bits per heavy atom. The molecule has 0 radical (unpaired) electrons. The van der Waals surface area contributed by atoms with Crippen LogP contribution in [0.4, 0.5) is 0 Å². The lowest BCUT2D eigenvalue weighted by Gasteiger charge is -2.24. The van der Waals surface area contributed by atoms with Crippen LogP contribution in [0.25, 0.3) is 0 Å². The summed E-state index contributed by atoms with van der Waals surface area (Å²) in [6.45, 7) is 10.2. The predicted molar refractivity (Wildman–Crippen MR) is 73.6 cm³/mol. The summed E-state index contributed by atoms with van der Waals surface area (Å²) in [5, 5.41) is 11.7. The number of thioether (sulfide) groups is 1. The summed E-state index contributed by atoms with van der Waals surface area (Å²) in [6, 6.07) is 0.303. The van der Waals surface area contributed by atoms with Gasteiger partial charge in [0.2, 0.25) is 5.91 Å². The zero-order valence-corrected chi connectivity index (χ0v) is 12.5. The third-order valence-corrected chi connectivity index (χ3v) is 3.75. The molecule has 1 heterocycles. The topological polar surface area (TPSA) is 59.8 Å². The van der Waals surface area contributed by atoms with Crippen LogP contribution in [0.2, 0.25) is 0 Å². The molecule has 0 aliphatic rings. The lowest BCUT2D eigenvalue weighted by atomic mass is 10.0. The summed E-state index contributed by atoms with van der Waals surface area (Å²) < 4.78 is 1.96. The lowest BCUT2D eigenvalue weighted by Crippen LogP contribution is -2.43. The van der Waals surface area contributed by atoms with Gasteiger partial charge in [-0.2, -0.15) is 0 Å². The Morgan fingerprint density at radius 1 is 1.56 bits per heavy atom. The molecule has 0 fully saturated rings. The molecule has 1 aromatic rings. The zero-order valence-electron chi connectivity index (χ0n) is 11.7. The zero-order chi connectivity index (χ0) is 13.8. The summed E-state index contributed by atoms with van der Waals surface area (Å²) in [6.07, 6.45) is 2.60. The standard InChI is InChI=1S/C12H22N4OS/c1-6-12(4,5)14-10(17)7-18-11-15-13-8-16(11)9(2)3/h8-9H,6-7H2,1-5H3,(H,14,17). The predicted octanol–water partition coefficient (Wildman–Crippen LogP) is 2.26. The molecule has 0 atom stereocenters. The van der Waals surface area contributed by atoms with Crippen molar-refractivity contribution in [2.45, 2.75) is 57.8 Å². The molecule has 1 amide bonds. The smallest absolute Gasteiger partial charge is 0.230 e. The molecule has 0 bridgehead atoms. The first-order chi connectivity index (χ1) is 8.35. The van der Waals surface area contributed by atoms with Crippen molar-refractivity contribution in [3.63, 3.8) is 0 Å². The number of nitrogens with one attached hydrogen (secondary N) is 1. The number of hydrogen-bond acceptors (Lipinski definition) is 4. The van der Waals surface area contributed by atoms with Crippen LogP contribution in [-0.2, 0) is 4.79 Å². The molecule has 1 aromatic heterocycles. The minimum Gasteiger partial charge on any atom is -0.351 e. The van der Waals surface area contributed by atoms with Crippen molar-refractivity contribution < 1.29 is 4.79 Å². The van der Waals surface area contributed by atoms with Gasteiger partial charge in [-0.05, 0) is 34.1 Å². The van der Waals surface area contributed by atoms with Crippen LogP contribution in [-0.4, -0.2) is 32.0 Å². The van der Waals surface area contributed by atoms with E-state index in [4.69, 9.17) is 0 Å². The molecule has 0 aromatic carbocycles. The monoisotopic (exact) mass is 270 g/mol. The van der Waals surface area contributed by atoms with Gasteiger partial charge in [0.25, 0.3) is 0 Å². The van der Waals surface area contributed by atoms with Crippen molar-refractivity contribution in [1.82, 2.24) is 20.1 Å². The highest BCUT2D eigenvalue weighted by atomic mass is 32.2. The molecule has 18 heavy (non-hydrogen) atoms. The Balaban J connectivity index is 2.50. The highest BCUT2D eigenvalue weighted by Gasteiger charge is 2.18. The highest BCUT2D eigenvalue weighted by Crippen LogP contribution is 2.18. The number of rotatable bonds is 6. The van der Waals surface area contributed by atoms with Crippen molar-refractivity contribution in [2.24, 2.45) is 0 Å². The summed E-state index contributed by atoms with van der Waals surface area (Å²) in [5.41, 5.74) is -0.149. The van der Waals surface area contributed by atoms with Crippen LogP contribution in [0.15, 0.2) is 11.5 Å². The van der Waals surface area contributed by atoms with Crippen LogP contribution in [0.5, 0.6) is 0 Å². The SMILES string of the molecule is CCC(C)(C)NC(=O)CSc1nncn1C(C)C. The van der Waals surface area contributed by atoms with E-state index in [1.165, 1.54) is 11.8 Å². The van der Waals surface area contributed by atoms with Gasteiger partial charge in [0, 0.05) is 11.6 Å². The molecule has 6 heteroatoms. The Morgan fingerprint density at radius 3 is 2.78 bits per heavy atom. The van der Waals surface area contributed by atoms with Gasteiger partial charge >= 0.3 is 0 Å². The van der Waals surface area contributed by atoms with E-state index < -0.39 is 0 Å². The first-order valence-corrected chi connectivity index (χ1v) is 7.17. The first kappa shape index (κ1) is 15.0. The second-order valence-corrected chi connectivity index (χ2v) is 6.13. The Bertz CT molecular complexity index is 401. The summed E-state index contributed by atoms with van der Waals surface area (Å²) in [4.78, 5) is 11.8. The van der Waals surface area contributed by atoms with E-state index in [1.807, 2.05) is 18.4 Å². The van der Waals surface area contributed by atoms with Crippen molar-refractivity contribution in [3.05, 3.63) is 6.33 Å². The van der Waals surface area contributed by atoms with Crippen LogP contribution >= 0.6 is 11.8 Å². The number of aromatic nitrogens is 3. The Labute approximate surface area is 113 Å². The van der Waals surface area contributed by atoms with E-state index >= 15 is 0 Å². The molecular weight excluding hydrogens is 248 g/mol. The average Bonchev–Trinajstić information content (AvgIpc) is 2.74. The van der Waals surface area contributed by atoms with E-state index in [1.54, 1.807) is 6.33 Å². The molecule has 0 spiro atoms. The van der Waals surface area contributed by atoms with Crippen molar-refractivity contribution in [3.8, 4) is 0 Å². The maximum Gasteiger partial charge on any atom is 0.230 e. The van der Waals surface area contributed by atoms with E-state index in [0.717, 1.165) is 11.6 Å². The number of carbonyl (C=O) groups is 1. The van der Waals surface area contributed by atoms with E-state index in [2.05, 4.69) is 36.3 Å². The molecule has 0 saturated heterocycles. The van der Waals surface area contributed by atoms with Crippen LogP contribution in [0, 0.1) is 0 Å². The van der Waals surface area contributed by atoms with Gasteiger partial charge < -0.3 is 9.88 Å². The number of amides is 1. The van der Waals surface area contributed by atoms with Gasteiger partial charge in [0.1, 0.15) is 6.33 Å². The van der Waals surface area contributed by atoms with Gasteiger partial charge in [0.05, 0.1) is 5.75 Å². The molecule has 1 rings (SSSR count). The molecule has 0 unspecified atom stereocenters. The maximum atomic E-state index is 11.8. The molecule has 0 aliphatic carbocycles. The Hall–Kier alpha value is -1.04. The third-order valence-electron chi connectivity index (χ3n) is 2.79. The quantitative estimate of drug-likeness (QED) is 0.805. The fourth-order valence-electron chi connectivity index (χ4n) is 1.32. The minimum absolute atomic E-state index is 0.0326. The normalized spacial score (nSPS) is 11.9. The van der Waals surface area contributed by atoms with Gasteiger partial charge in [-0.1, -0.05) is 18.7 Å². The Kier molecular flexibility index (Phi) is 5.19. The van der Waals surface area contributed by atoms with E-state index in [-0.39, 0.29) is 11.4 Å². The van der Waals surface area contributed by atoms with Crippen LogP contribution < -0.4 is 5.32 Å². The number of carbonyl (C=O) groups excluding carboxylic acids is 1. The van der Waals surface area contributed by atoms with Crippen molar-refractivity contribution >= 4 is 17.7 Å². The van der Waals surface area contributed by atoms with Gasteiger partial charge in [-0.25, -0.2) is 0 Å². The van der Waals surface area contributed by atoms with Crippen LogP contribution in [0.3, 0.4) is 0 Å². The largest absolute Gasteiger partial charge is 0.351 e. The second-order valence-electron chi connectivity index (χ2n) is 5.19. The summed E-state index contributed by atoms with van der Waals surface area (Å²) in [5.74, 6) is 0.402. The molecule has 102 valence electrons. The van der Waals surface area contributed by atoms with Gasteiger partial charge in [-0.3, -0.25) is 4.79 Å². The first-order valence-electron chi connectivity index (χ1n) is 6.19. The maximum absolute atomic E-state index is 11.8. The van der Waals surface area contributed by atoms with Crippen molar-refractivity contribution in [1.29, 1.82) is 0 Å². The fourth-order valence-corrected chi connectivity index (χ4v) is 2.17. The minimum atomic E-state index is -0.149. The second kappa shape index (κ2) is 6.22. The average molecular weight is 270 g/mol. The molecule has 0 aliphatic heterocycles. The third kappa shape index (κ3) is 4.33. The summed E-state index contributed by atoms with van der Waals surface area (Å²) in [7, 11) is 0. The lowest BCUT2D eigenvalue weighted by molar-refractivity contribution is -0.120. The number of hydrogen-bond donors (Lipinski definition) is 1. The number of nitrogens with zero attached hydrogens (tertiary/aromatic N) is 3. The molecule has 1 N–H and O–H groups in total. The summed E-state index contributed by atoms with van der Waals surface area (Å²) >= 11 is 1.42. The van der Waals surface area contributed by atoms with Gasteiger partial charge in [-0.15, -0.1) is 10.2 Å². The van der Waals surface area contributed by atoms with E-state index in [9.17, 15) is 4.79 Å². The molecule has 0 saturated carbocycles. The van der Waals surface area contributed by atoms with Gasteiger partial charge in [0.15, 0.2) is 5.16 Å². The van der Waals surface area contributed by atoms with Crippen LogP contribution in [0.1, 0.15) is 47.1 Å².